The first kappa shape index (κ1) is 15.6. The van der Waals surface area contributed by atoms with Crippen molar-refractivity contribution in [2.45, 2.75) is 52.1 Å². The van der Waals surface area contributed by atoms with Crippen molar-refractivity contribution in [3.63, 3.8) is 0 Å². The fraction of sp³-hybridized carbons (Fsp3) is 0.444. The SMILES string of the molecule is CCn1cccc1C(=O)c1c(C)cc2n1CCCCC2C(=O)O. The minimum atomic E-state index is -0.804. The van der Waals surface area contributed by atoms with Crippen LogP contribution >= 0.6 is 0 Å². The van der Waals surface area contributed by atoms with Crippen molar-refractivity contribution in [1.29, 1.82) is 0 Å². The van der Waals surface area contributed by atoms with Crippen LogP contribution in [0.1, 0.15) is 59.5 Å². The number of carbonyl (C=O) groups is 2. The number of rotatable bonds is 4. The Morgan fingerprint density at radius 3 is 2.83 bits per heavy atom. The van der Waals surface area contributed by atoms with Gasteiger partial charge in [-0.05, 0) is 50.5 Å². The first-order valence-corrected chi connectivity index (χ1v) is 8.17. The van der Waals surface area contributed by atoms with Crippen LogP contribution in [0.2, 0.25) is 0 Å². The molecule has 0 saturated heterocycles. The van der Waals surface area contributed by atoms with Crippen molar-refractivity contribution < 1.29 is 14.7 Å². The van der Waals surface area contributed by atoms with Gasteiger partial charge in [0.1, 0.15) is 0 Å². The van der Waals surface area contributed by atoms with E-state index in [9.17, 15) is 14.7 Å². The number of ketones is 1. The fourth-order valence-corrected chi connectivity index (χ4v) is 3.57. The van der Waals surface area contributed by atoms with Gasteiger partial charge in [-0.2, -0.15) is 0 Å². The summed E-state index contributed by atoms with van der Waals surface area (Å²) in [6.45, 7) is 5.34. The van der Waals surface area contributed by atoms with Gasteiger partial charge in [0.2, 0.25) is 5.78 Å². The highest BCUT2D eigenvalue weighted by Crippen LogP contribution is 2.32. The number of hydrogen-bond donors (Lipinski definition) is 1. The summed E-state index contributed by atoms with van der Waals surface area (Å²) in [5.41, 5.74) is 2.93. The molecule has 0 fully saturated rings. The molecule has 3 rings (SSSR count). The molecule has 0 saturated carbocycles. The summed E-state index contributed by atoms with van der Waals surface area (Å²) < 4.78 is 3.86. The zero-order chi connectivity index (χ0) is 16.6. The molecular weight excluding hydrogens is 292 g/mol. The molecule has 0 amide bonds. The van der Waals surface area contributed by atoms with Crippen LogP contribution in [0, 0.1) is 6.92 Å². The monoisotopic (exact) mass is 314 g/mol. The van der Waals surface area contributed by atoms with Crippen LogP contribution in [0.3, 0.4) is 0 Å². The standard InChI is InChI=1S/C18H22N2O3/c1-3-19-9-6-8-14(19)17(21)16-12(2)11-15-13(18(22)23)7-4-5-10-20(15)16/h6,8-9,11,13H,3-5,7,10H2,1-2H3,(H,22,23). The number of nitrogens with zero attached hydrogens (tertiary/aromatic N) is 2. The van der Waals surface area contributed by atoms with Gasteiger partial charge in [-0.15, -0.1) is 0 Å². The molecule has 5 heteroatoms. The first-order chi connectivity index (χ1) is 11.0. The zero-order valence-electron chi connectivity index (χ0n) is 13.6. The minimum Gasteiger partial charge on any atom is -0.481 e. The van der Waals surface area contributed by atoms with Crippen molar-refractivity contribution >= 4 is 11.8 Å². The molecule has 1 atom stereocenters. The van der Waals surface area contributed by atoms with Crippen molar-refractivity contribution in [2.24, 2.45) is 0 Å². The number of carboxylic acids is 1. The van der Waals surface area contributed by atoms with Crippen LogP contribution in [0.15, 0.2) is 24.4 Å². The Hall–Kier alpha value is -2.30. The Kier molecular flexibility index (Phi) is 4.11. The molecule has 5 nitrogen and oxygen atoms in total. The summed E-state index contributed by atoms with van der Waals surface area (Å²) in [4.78, 5) is 24.6. The van der Waals surface area contributed by atoms with Gasteiger partial charge in [-0.3, -0.25) is 9.59 Å². The number of aromatic nitrogens is 2. The van der Waals surface area contributed by atoms with E-state index >= 15 is 0 Å². The fourth-order valence-electron chi connectivity index (χ4n) is 3.57. The molecule has 1 aliphatic heterocycles. The van der Waals surface area contributed by atoms with Crippen LogP contribution in [0.25, 0.3) is 0 Å². The van der Waals surface area contributed by atoms with E-state index in [2.05, 4.69) is 0 Å². The van der Waals surface area contributed by atoms with E-state index in [1.165, 1.54) is 0 Å². The van der Waals surface area contributed by atoms with E-state index in [-0.39, 0.29) is 5.78 Å². The van der Waals surface area contributed by atoms with Crippen molar-refractivity contribution in [3.05, 3.63) is 47.0 Å². The Morgan fingerprint density at radius 1 is 1.35 bits per heavy atom. The summed E-state index contributed by atoms with van der Waals surface area (Å²) in [6, 6.07) is 5.59. The maximum absolute atomic E-state index is 13.0. The van der Waals surface area contributed by atoms with E-state index in [0.717, 1.165) is 30.6 Å². The van der Waals surface area contributed by atoms with Gasteiger partial charge >= 0.3 is 5.97 Å². The van der Waals surface area contributed by atoms with E-state index in [0.29, 0.717) is 24.4 Å². The molecule has 0 aliphatic carbocycles. The Morgan fingerprint density at radius 2 is 2.13 bits per heavy atom. The summed E-state index contributed by atoms with van der Waals surface area (Å²) in [7, 11) is 0. The third-order valence-corrected chi connectivity index (χ3v) is 4.72. The van der Waals surface area contributed by atoms with Gasteiger partial charge in [0.05, 0.1) is 17.3 Å². The van der Waals surface area contributed by atoms with Gasteiger partial charge in [0.25, 0.3) is 0 Å². The Bertz CT molecular complexity index is 754. The largest absolute Gasteiger partial charge is 0.481 e. The number of fused-ring (bicyclic) bond motifs is 1. The molecule has 1 unspecified atom stereocenters. The predicted molar refractivity (Wildman–Crippen MR) is 86.9 cm³/mol. The average Bonchev–Trinajstić information content (AvgIpc) is 3.05. The topological polar surface area (TPSA) is 64.2 Å². The second kappa shape index (κ2) is 6.07. The lowest BCUT2D eigenvalue weighted by molar-refractivity contribution is -0.139. The molecule has 0 spiro atoms. The van der Waals surface area contributed by atoms with E-state index < -0.39 is 11.9 Å². The summed E-state index contributed by atoms with van der Waals surface area (Å²) in [5, 5.41) is 9.51. The van der Waals surface area contributed by atoms with Crippen LogP contribution < -0.4 is 0 Å². The van der Waals surface area contributed by atoms with Gasteiger partial charge in [-0.1, -0.05) is 6.42 Å². The molecule has 1 aliphatic rings. The van der Waals surface area contributed by atoms with Gasteiger partial charge < -0.3 is 14.2 Å². The highest BCUT2D eigenvalue weighted by Gasteiger charge is 2.30. The predicted octanol–water partition coefficient (Wildman–Crippen LogP) is 3.20. The Balaban J connectivity index is 2.11. The highest BCUT2D eigenvalue weighted by atomic mass is 16.4. The van der Waals surface area contributed by atoms with Crippen LogP contribution in [-0.2, 0) is 17.9 Å². The second-order valence-corrected chi connectivity index (χ2v) is 6.15. The summed E-state index contributed by atoms with van der Waals surface area (Å²) >= 11 is 0. The van der Waals surface area contributed by atoms with Crippen LogP contribution in [-0.4, -0.2) is 26.0 Å². The molecule has 0 radical (unpaired) electrons. The summed E-state index contributed by atoms with van der Waals surface area (Å²) in [5.74, 6) is -1.34. The molecular formula is C18H22N2O3. The third-order valence-electron chi connectivity index (χ3n) is 4.72. The maximum Gasteiger partial charge on any atom is 0.312 e. The zero-order valence-corrected chi connectivity index (χ0v) is 13.6. The molecule has 0 aromatic carbocycles. The lowest BCUT2D eigenvalue weighted by Gasteiger charge is -2.14. The van der Waals surface area contributed by atoms with Gasteiger partial charge in [0, 0.05) is 25.0 Å². The molecule has 122 valence electrons. The molecule has 0 bridgehead atoms. The number of aliphatic carboxylic acids is 1. The quantitative estimate of drug-likeness (QED) is 0.881. The van der Waals surface area contributed by atoms with Crippen molar-refractivity contribution in [3.8, 4) is 0 Å². The number of aryl methyl sites for hydroxylation is 2. The van der Waals surface area contributed by atoms with Crippen LogP contribution in [0.5, 0.6) is 0 Å². The summed E-state index contributed by atoms with van der Waals surface area (Å²) in [6.07, 6.45) is 4.31. The van der Waals surface area contributed by atoms with E-state index in [1.807, 2.05) is 47.4 Å². The second-order valence-electron chi connectivity index (χ2n) is 6.15. The smallest absolute Gasteiger partial charge is 0.312 e. The molecule has 2 aromatic heterocycles. The van der Waals surface area contributed by atoms with Crippen molar-refractivity contribution in [1.82, 2.24) is 9.13 Å². The Labute approximate surface area is 135 Å². The van der Waals surface area contributed by atoms with E-state index in [1.54, 1.807) is 0 Å². The normalized spacial score (nSPS) is 17.6. The molecule has 1 N–H and O–H groups in total. The molecule has 23 heavy (non-hydrogen) atoms. The van der Waals surface area contributed by atoms with Gasteiger partial charge in [0.15, 0.2) is 0 Å². The number of hydrogen-bond acceptors (Lipinski definition) is 2. The number of carbonyl (C=O) groups excluding carboxylic acids is 1. The average molecular weight is 314 g/mol. The van der Waals surface area contributed by atoms with Crippen molar-refractivity contribution in [2.75, 3.05) is 0 Å². The number of carboxylic acid groups (broad SMARTS) is 1. The first-order valence-electron chi connectivity index (χ1n) is 8.17. The molecule has 2 aromatic rings. The lowest BCUT2D eigenvalue weighted by atomic mass is 9.99. The van der Waals surface area contributed by atoms with Gasteiger partial charge in [-0.25, -0.2) is 0 Å². The lowest BCUT2D eigenvalue weighted by Crippen LogP contribution is -2.18. The van der Waals surface area contributed by atoms with E-state index in [4.69, 9.17) is 0 Å². The highest BCUT2D eigenvalue weighted by molar-refractivity contribution is 6.08. The molecule has 3 heterocycles. The maximum atomic E-state index is 13.0. The minimum absolute atomic E-state index is 0.0216. The van der Waals surface area contributed by atoms with Crippen LogP contribution in [0.4, 0.5) is 0 Å². The third kappa shape index (κ3) is 2.60.